The van der Waals surface area contributed by atoms with Gasteiger partial charge >= 0.3 is 5.97 Å². The maximum Gasteiger partial charge on any atom is 0.341 e. The number of amides is 2. The van der Waals surface area contributed by atoms with Crippen LogP contribution in [-0.4, -0.2) is 24.4 Å². The summed E-state index contributed by atoms with van der Waals surface area (Å²) in [7, 11) is 0. The van der Waals surface area contributed by atoms with Crippen molar-refractivity contribution >= 4 is 63.0 Å². The molecule has 3 aromatic rings. The van der Waals surface area contributed by atoms with E-state index in [9.17, 15) is 14.4 Å². The molecule has 0 saturated heterocycles. The predicted octanol–water partition coefficient (Wildman–Crippen LogP) is 6.04. The zero-order valence-corrected chi connectivity index (χ0v) is 19.0. The average Bonchev–Trinajstić information content (AvgIpc) is 3.08. The van der Waals surface area contributed by atoms with E-state index in [0.29, 0.717) is 21.8 Å². The molecule has 1 heterocycles. The number of nitrogens with one attached hydrogen (secondary N) is 2. The number of benzene rings is 2. The Balaban J connectivity index is 1.96. The minimum absolute atomic E-state index is 0.137. The van der Waals surface area contributed by atoms with E-state index in [-0.39, 0.29) is 27.1 Å². The quantitative estimate of drug-likeness (QED) is 0.424. The van der Waals surface area contributed by atoms with E-state index in [1.54, 1.807) is 62.4 Å². The smallest absolute Gasteiger partial charge is 0.341 e. The second-order valence-electron chi connectivity index (χ2n) is 6.36. The van der Waals surface area contributed by atoms with Crippen LogP contribution in [0.3, 0.4) is 0 Å². The number of carbonyl (C=O) groups is 3. The Morgan fingerprint density at radius 3 is 2.35 bits per heavy atom. The van der Waals surface area contributed by atoms with Crippen LogP contribution in [-0.2, 0) is 4.74 Å². The number of hydrogen-bond donors (Lipinski definition) is 2. The lowest BCUT2D eigenvalue weighted by Crippen LogP contribution is -2.15. The van der Waals surface area contributed by atoms with Crippen molar-refractivity contribution in [2.45, 2.75) is 13.8 Å². The molecule has 0 saturated carbocycles. The zero-order valence-electron chi connectivity index (χ0n) is 16.6. The molecule has 1 aromatic heterocycles. The molecule has 6 nitrogen and oxygen atoms in total. The van der Waals surface area contributed by atoms with E-state index in [0.717, 1.165) is 11.3 Å². The van der Waals surface area contributed by atoms with Crippen molar-refractivity contribution in [1.29, 1.82) is 0 Å². The van der Waals surface area contributed by atoms with Gasteiger partial charge in [0, 0.05) is 5.56 Å². The normalized spacial score (nSPS) is 10.5. The van der Waals surface area contributed by atoms with Crippen molar-refractivity contribution in [1.82, 2.24) is 0 Å². The molecule has 2 amide bonds. The maximum atomic E-state index is 12.9. The molecule has 0 aliphatic carbocycles. The molecule has 9 heteroatoms. The van der Waals surface area contributed by atoms with Gasteiger partial charge in [0.15, 0.2) is 0 Å². The Kier molecular flexibility index (Phi) is 7.33. The maximum absolute atomic E-state index is 12.9. The third kappa shape index (κ3) is 5.07. The van der Waals surface area contributed by atoms with Crippen molar-refractivity contribution in [2.24, 2.45) is 0 Å². The third-order valence-electron chi connectivity index (χ3n) is 4.30. The number of ether oxygens (including phenoxy) is 1. The highest BCUT2D eigenvalue weighted by Gasteiger charge is 2.27. The van der Waals surface area contributed by atoms with Gasteiger partial charge in [0.25, 0.3) is 11.8 Å². The Hall–Kier alpha value is -2.87. The molecule has 0 aliphatic rings. The number of hydrogen-bond acceptors (Lipinski definition) is 5. The fourth-order valence-corrected chi connectivity index (χ4v) is 4.24. The molecular formula is C22H18Cl2N2O4S. The molecular weight excluding hydrogens is 459 g/mol. The molecule has 3 rings (SSSR count). The molecule has 0 radical (unpaired) electrons. The highest BCUT2D eigenvalue weighted by molar-refractivity contribution is 7.19. The Morgan fingerprint density at radius 2 is 1.68 bits per heavy atom. The number of esters is 1. The van der Waals surface area contributed by atoms with Gasteiger partial charge < -0.3 is 15.4 Å². The summed E-state index contributed by atoms with van der Waals surface area (Å²) in [4.78, 5) is 38.4. The van der Waals surface area contributed by atoms with Crippen LogP contribution in [0.4, 0.5) is 10.7 Å². The summed E-state index contributed by atoms with van der Waals surface area (Å²) < 4.78 is 5.13. The van der Waals surface area contributed by atoms with Gasteiger partial charge in [-0.3, -0.25) is 9.59 Å². The first-order valence-electron chi connectivity index (χ1n) is 9.25. The molecule has 0 atom stereocenters. The Bertz CT molecular complexity index is 1150. The van der Waals surface area contributed by atoms with Gasteiger partial charge in [0.1, 0.15) is 5.00 Å². The van der Waals surface area contributed by atoms with Crippen LogP contribution < -0.4 is 10.6 Å². The second-order valence-corrected chi connectivity index (χ2v) is 8.16. The van der Waals surface area contributed by atoms with E-state index < -0.39 is 17.8 Å². The monoisotopic (exact) mass is 476 g/mol. The number of rotatable bonds is 6. The summed E-state index contributed by atoms with van der Waals surface area (Å²) in [5.74, 6) is -1.52. The molecule has 31 heavy (non-hydrogen) atoms. The van der Waals surface area contributed by atoms with Crippen molar-refractivity contribution in [3.8, 4) is 0 Å². The van der Waals surface area contributed by atoms with Crippen molar-refractivity contribution in [2.75, 3.05) is 17.2 Å². The SMILES string of the molecule is CCOC(=O)c1c(NC(=O)c2ccccc2)sc(C(=O)Nc2cccc(Cl)c2Cl)c1C. The summed E-state index contributed by atoms with van der Waals surface area (Å²) in [6.07, 6.45) is 0. The van der Waals surface area contributed by atoms with Crippen molar-refractivity contribution in [3.63, 3.8) is 0 Å². The molecule has 0 spiro atoms. The van der Waals surface area contributed by atoms with Crippen molar-refractivity contribution < 1.29 is 19.1 Å². The van der Waals surface area contributed by atoms with Gasteiger partial charge in [-0.15, -0.1) is 11.3 Å². The van der Waals surface area contributed by atoms with Crippen LogP contribution in [0.25, 0.3) is 0 Å². The number of thiophene rings is 1. The van der Waals surface area contributed by atoms with E-state index >= 15 is 0 Å². The first kappa shape index (κ1) is 22.8. The van der Waals surface area contributed by atoms with Crippen molar-refractivity contribution in [3.05, 3.63) is 80.1 Å². The minimum atomic E-state index is -0.626. The molecule has 0 bridgehead atoms. The summed E-state index contributed by atoms with van der Waals surface area (Å²) in [5.41, 5.74) is 1.28. The Morgan fingerprint density at radius 1 is 0.968 bits per heavy atom. The van der Waals surface area contributed by atoms with Gasteiger partial charge in [-0.25, -0.2) is 4.79 Å². The second kappa shape index (κ2) is 9.96. The summed E-state index contributed by atoms with van der Waals surface area (Å²) in [5, 5.41) is 6.14. The highest BCUT2D eigenvalue weighted by Crippen LogP contribution is 2.36. The van der Waals surface area contributed by atoms with Gasteiger partial charge in [0.05, 0.1) is 32.8 Å². The highest BCUT2D eigenvalue weighted by atomic mass is 35.5. The van der Waals surface area contributed by atoms with E-state index in [4.69, 9.17) is 27.9 Å². The molecule has 0 aliphatic heterocycles. The van der Waals surface area contributed by atoms with Crippen LogP contribution in [0, 0.1) is 6.92 Å². The van der Waals surface area contributed by atoms with E-state index in [1.807, 2.05) is 0 Å². The van der Waals surface area contributed by atoms with Gasteiger partial charge in [-0.1, -0.05) is 47.5 Å². The lowest BCUT2D eigenvalue weighted by Gasteiger charge is -2.08. The predicted molar refractivity (Wildman–Crippen MR) is 124 cm³/mol. The lowest BCUT2D eigenvalue weighted by molar-refractivity contribution is 0.0527. The molecule has 2 N–H and O–H groups in total. The van der Waals surface area contributed by atoms with E-state index in [1.165, 1.54) is 0 Å². The fourth-order valence-electron chi connectivity index (χ4n) is 2.81. The number of halogens is 2. The first-order valence-corrected chi connectivity index (χ1v) is 10.8. The number of anilines is 2. The largest absolute Gasteiger partial charge is 0.462 e. The van der Waals surface area contributed by atoms with Gasteiger partial charge in [-0.2, -0.15) is 0 Å². The van der Waals surface area contributed by atoms with Crippen LogP contribution in [0.5, 0.6) is 0 Å². The van der Waals surface area contributed by atoms with Gasteiger partial charge in [-0.05, 0) is 43.7 Å². The standard InChI is InChI=1S/C22H18Cl2N2O4S/c1-3-30-22(29)16-12(2)18(20(28)25-15-11-7-10-14(23)17(15)24)31-21(16)26-19(27)13-8-5-4-6-9-13/h4-11H,3H2,1-2H3,(H,25,28)(H,26,27). The van der Waals surface area contributed by atoms with Crippen LogP contribution >= 0.6 is 34.5 Å². The lowest BCUT2D eigenvalue weighted by atomic mass is 10.1. The summed E-state index contributed by atoms with van der Waals surface area (Å²) >= 11 is 13.1. The molecule has 160 valence electrons. The Labute approximate surface area is 193 Å². The third-order valence-corrected chi connectivity index (χ3v) is 6.32. The average molecular weight is 477 g/mol. The molecule has 0 fully saturated rings. The zero-order chi connectivity index (χ0) is 22.5. The van der Waals surface area contributed by atoms with Gasteiger partial charge in [0.2, 0.25) is 0 Å². The van der Waals surface area contributed by atoms with Crippen LogP contribution in [0.15, 0.2) is 48.5 Å². The molecule has 0 unspecified atom stereocenters. The number of carbonyl (C=O) groups excluding carboxylic acids is 3. The first-order chi connectivity index (χ1) is 14.8. The molecule has 2 aromatic carbocycles. The van der Waals surface area contributed by atoms with Crippen LogP contribution in [0.2, 0.25) is 10.0 Å². The van der Waals surface area contributed by atoms with E-state index in [2.05, 4.69) is 10.6 Å². The topological polar surface area (TPSA) is 84.5 Å². The fraction of sp³-hybridized carbons (Fsp3) is 0.136. The van der Waals surface area contributed by atoms with Crippen LogP contribution in [0.1, 0.15) is 42.9 Å². The summed E-state index contributed by atoms with van der Waals surface area (Å²) in [6.45, 7) is 3.45. The minimum Gasteiger partial charge on any atom is -0.462 e. The summed E-state index contributed by atoms with van der Waals surface area (Å²) in [6, 6.07) is 13.4.